The number of ketones is 1. The molecule has 1 N–H and O–H groups in total. The number of allylic oxidation sites excluding steroid dienone is 1. The molecule has 4 bridgehead atoms. The van der Waals surface area contributed by atoms with Gasteiger partial charge in [0, 0.05) is 36.4 Å². The number of carbonyl (C=O) groups excluding carboxylic acids is 4. The number of nitrogens with one attached hydrogen (secondary N) is 1. The van der Waals surface area contributed by atoms with E-state index in [4.69, 9.17) is 9.47 Å². The molecule has 2 aromatic rings. The second kappa shape index (κ2) is 13.2. The second-order valence-electron chi connectivity index (χ2n) is 14.8. The largest absolute Gasteiger partial charge is 0.472 e. The molecule has 11 nitrogen and oxygen atoms in total. The first kappa shape index (κ1) is 34.6. The average molecular weight is 690 g/mol. The van der Waals surface area contributed by atoms with Gasteiger partial charge in [-0.2, -0.15) is 0 Å². The third-order valence-corrected chi connectivity index (χ3v) is 12.0. The first-order chi connectivity index (χ1) is 23.2. The zero-order chi connectivity index (χ0) is 35.1. The van der Waals surface area contributed by atoms with Gasteiger partial charge in [0.1, 0.15) is 6.10 Å². The number of Topliss-reactive ketones (excluding diaryl/α,β-unsaturated/α-hetero) is 1. The van der Waals surface area contributed by atoms with Crippen LogP contribution in [-0.4, -0.2) is 72.4 Å². The molecule has 0 unspecified atom stereocenters. The Morgan fingerprint density at radius 3 is 2.67 bits per heavy atom. The molecule has 3 heterocycles. The predicted molar refractivity (Wildman–Crippen MR) is 181 cm³/mol. The van der Waals surface area contributed by atoms with Crippen molar-refractivity contribution in [3.8, 4) is 17.7 Å². The number of amides is 2. The normalized spacial score (nSPS) is 27.6. The van der Waals surface area contributed by atoms with Gasteiger partial charge in [-0.05, 0) is 60.6 Å². The van der Waals surface area contributed by atoms with Crippen molar-refractivity contribution in [3.63, 3.8) is 0 Å². The van der Waals surface area contributed by atoms with Crippen molar-refractivity contribution >= 4 is 44.4 Å². The van der Waals surface area contributed by atoms with E-state index in [9.17, 15) is 27.6 Å². The monoisotopic (exact) mass is 689 g/mol. The van der Waals surface area contributed by atoms with Crippen molar-refractivity contribution in [1.82, 2.24) is 14.6 Å². The van der Waals surface area contributed by atoms with E-state index in [-0.39, 0.29) is 56.4 Å². The van der Waals surface area contributed by atoms with Crippen LogP contribution in [0.1, 0.15) is 77.7 Å². The third kappa shape index (κ3) is 7.37. The molecule has 12 heteroatoms. The summed E-state index contributed by atoms with van der Waals surface area (Å²) in [5.74, 6) is 3.42. The molecule has 5 atom stereocenters. The second-order valence-corrected chi connectivity index (χ2v) is 16.8. The molecule has 2 amide bonds. The molecule has 2 aliphatic carbocycles. The van der Waals surface area contributed by atoms with Gasteiger partial charge in [-0.3, -0.25) is 23.9 Å². The lowest BCUT2D eigenvalue weighted by molar-refractivity contribution is -0.153. The molecule has 260 valence electrons. The zero-order valence-electron chi connectivity index (χ0n) is 28.2. The summed E-state index contributed by atoms with van der Waals surface area (Å²) in [5.41, 5.74) is -1.17. The van der Waals surface area contributed by atoms with Gasteiger partial charge in [0.05, 0.1) is 42.2 Å². The van der Waals surface area contributed by atoms with E-state index in [1.54, 1.807) is 12.3 Å². The van der Waals surface area contributed by atoms with Crippen LogP contribution in [-0.2, 0) is 33.9 Å². The molecule has 2 aliphatic heterocycles. The summed E-state index contributed by atoms with van der Waals surface area (Å²) in [6.45, 7) is 9.61. The van der Waals surface area contributed by atoms with Gasteiger partial charge in [0.15, 0.2) is 5.78 Å². The maximum atomic E-state index is 14.4. The van der Waals surface area contributed by atoms with Crippen LogP contribution < -0.4 is 9.46 Å². The van der Waals surface area contributed by atoms with E-state index in [1.807, 2.05) is 45.0 Å². The molecule has 1 saturated heterocycles. The van der Waals surface area contributed by atoms with Crippen LogP contribution in [0.15, 0.2) is 43.1 Å². The van der Waals surface area contributed by atoms with E-state index < -0.39 is 56.0 Å². The van der Waals surface area contributed by atoms with Crippen molar-refractivity contribution in [3.05, 3.63) is 48.7 Å². The fraction of sp³-hybridized carbons (Fsp3) is 0.541. The number of cyclic esters (lactones) is 1. The van der Waals surface area contributed by atoms with Gasteiger partial charge in [0.25, 0.3) is 0 Å². The van der Waals surface area contributed by atoms with Crippen LogP contribution in [0.25, 0.3) is 10.8 Å². The Labute approximate surface area is 287 Å². The minimum absolute atomic E-state index is 0.0502. The van der Waals surface area contributed by atoms with Crippen molar-refractivity contribution in [2.24, 2.45) is 22.7 Å². The Morgan fingerprint density at radius 1 is 1.20 bits per heavy atom. The molecule has 3 fully saturated rings. The van der Waals surface area contributed by atoms with Gasteiger partial charge in [-0.15, -0.1) is 6.58 Å². The standard InChI is InChI=1S/C37H43N3O8S/c1-5-25-20-37(25,35(44)39-49(45,46)27-12-13-27)21-31(41)30-18-26-22-40(30)34(43)29(36(2,3)4)19-32(42)47-16-8-6-7-9-23-10-11-24-14-15-38-33(48-26)28(24)17-23/h5,10-11,14-15,17,25-27,29-30H,1,6,8,12-13,16,18-22H2,2-4H3,(H,39,44)/t25-,26+,29+,30-,37+/m0/s1. The maximum Gasteiger partial charge on any atom is 0.306 e. The number of pyridine rings is 1. The molecule has 1 aromatic heterocycles. The molecule has 2 saturated carbocycles. The molecule has 49 heavy (non-hydrogen) atoms. The van der Waals surface area contributed by atoms with Gasteiger partial charge in [-0.1, -0.05) is 44.8 Å². The number of carbonyl (C=O) groups is 4. The lowest BCUT2D eigenvalue weighted by atomic mass is 9.77. The van der Waals surface area contributed by atoms with Crippen LogP contribution in [0.5, 0.6) is 5.88 Å². The van der Waals surface area contributed by atoms with Gasteiger partial charge in [-0.25, -0.2) is 13.4 Å². The molecule has 6 rings (SSSR count). The van der Waals surface area contributed by atoms with Gasteiger partial charge in [0.2, 0.25) is 27.7 Å². The summed E-state index contributed by atoms with van der Waals surface area (Å²) < 4.78 is 39.5. The van der Waals surface area contributed by atoms with E-state index in [2.05, 4.69) is 28.1 Å². The van der Waals surface area contributed by atoms with Crippen molar-refractivity contribution in [2.45, 2.75) is 89.5 Å². The van der Waals surface area contributed by atoms with E-state index in [0.717, 1.165) is 16.3 Å². The maximum absolute atomic E-state index is 14.4. The summed E-state index contributed by atoms with van der Waals surface area (Å²) >= 11 is 0. The number of fused-ring (bicyclic) bond motifs is 3. The number of hydrogen-bond donors (Lipinski definition) is 1. The molecule has 0 spiro atoms. The van der Waals surface area contributed by atoms with Gasteiger partial charge < -0.3 is 14.4 Å². The number of ether oxygens (including phenoxy) is 2. The number of nitrogens with zero attached hydrogens (tertiary/aromatic N) is 2. The smallest absolute Gasteiger partial charge is 0.306 e. The SMILES string of the molecule is C=C[C@H]1C[C@]1(CC(=O)[C@@H]1C[C@@H]2CN1C(=O)[C@H](C(C)(C)C)CC(=O)OCCCC#Cc1ccc3ccnc(c3c1)O2)C(=O)NS(=O)(=O)C1CC1. The number of esters is 1. The fourth-order valence-electron chi connectivity index (χ4n) is 6.91. The van der Waals surface area contributed by atoms with Crippen LogP contribution in [0.2, 0.25) is 0 Å². The number of benzene rings is 1. The summed E-state index contributed by atoms with van der Waals surface area (Å²) in [6.07, 6.45) is 4.56. The Morgan fingerprint density at radius 2 is 1.98 bits per heavy atom. The lowest BCUT2D eigenvalue weighted by Crippen LogP contribution is -2.48. The van der Waals surface area contributed by atoms with Crippen LogP contribution in [0.4, 0.5) is 0 Å². The molecular formula is C37H43N3O8S. The van der Waals surface area contributed by atoms with Crippen LogP contribution >= 0.6 is 0 Å². The average Bonchev–Trinajstić information content (AvgIpc) is 3.97. The van der Waals surface area contributed by atoms with Crippen LogP contribution in [0, 0.1) is 34.5 Å². The quantitative estimate of drug-likeness (QED) is 0.258. The Balaban J connectivity index is 1.33. The van der Waals surface area contributed by atoms with Gasteiger partial charge >= 0.3 is 5.97 Å². The summed E-state index contributed by atoms with van der Waals surface area (Å²) in [5, 5.41) is 1.03. The highest BCUT2D eigenvalue weighted by molar-refractivity contribution is 7.90. The summed E-state index contributed by atoms with van der Waals surface area (Å²) in [6, 6.07) is 6.62. The Hall–Kier alpha value is -4.24. The molecule has 0 radical (unpaired) electrons. The topological polar surface area (TPSA) is 149 Å². The Bertz CT molecular complexity index is 1870. The molecule has 1 aromatic carbocycles. The minimum Gasteiger partial charge on any atom is -0.472 e. The zero-order valence-corrected chi connectivity index (χ0v) is 29.0. The summed E-state index contributed by atoms with van der Waals surface area (Å²) in [4.78, 5) is 61.2. The highest BCUT2D eigenvalue weighted by Gasteiger charge is 2.61. The number of sulfonamides is 1. The van der Waals surface area contributed by atoms with E-state index >= 15 is 0 Å². The number of aromatic nitrogens is 1. The number of hydrogen-bond acceptors (Lipinski definition) is 9. The van der Waals surface area contributed by atoms with Crippen molar-refractivity contribution < 1.29 is 37.1 Å². The number of rotatable bonds is 7. The van der Waals surface area contributed by atoms with Crippen LogP contribution in [0.3, 0.4) is 0 Å². The highest BCUT2D eigenvalue weighted by atomic mass is 32.2. The van der Waals surface area contributed by atoms with E-state index in [0.29, 0.717) is 31.6 Å². The first-order valence-corrected chi connectivity index (χ1v) is 18.5. The highest BCUT2D eigenvalue weighted by Crippen LogP contribution is 2.57. The summed E-state index contributed by atoms with van der Waals surface area (Å²) in [7, 11) is -3.84. The fourth-order valence-corrected chi connectivity index (χ4v) is 8.30. The lowest BCUT2D eigenvalue weighted by Gasteiger charge is -2.34. The van der Waals surface area contributed by atoms with E-state index in [1.165, 1.54) is 4.90 Å². The minimum atomic E-state index is -3.84. The Kier molecular flexibility index (Phi) is 9.35. The van der Waals surface area contributed by atoms with Crippen molar-refractivity contribution in [1.29, 1.82) is 0 Å². The molecular weight excluding hydrogens is 646 g/mol. The third-order valence-electron chi connectivity index (χ3n) is 10.1. The first-order valence-electron chi connectivity index (χ1n) is 16.9. The molecule has 4 aliphatic rings. The predicted octanol–water partition coefficient (Wildman–Crippen LogP) is 4.08. The van der Waals surface area contributed by atoms with Crippen molar-refractivity contribution in [2.75, 3.05) is 13.2 Å².